The van der Waals surface area contributed by atoms with Crippen LogP contribution < -0.4 is 10.7 Å². The number of hydrogen-bond donors (Lipinski definition) is 2. The Hall–Kier alpha value is -2.15. The van der Waals surface area contributed by atoms with Crippen LogP contribution in [0.3, 0.4) is 0 Å². The van der Waals surface area contributed by atoms with Crippen molar-refractivity contribution in [3.63, 3.8) is 0 Å². The minimum Gasteiger partial charge on any atom is -0.469 e. The molecule has 1 aromatic carbocycles. The number of hydrazine groups is 1. The van der Waals surface area contributed by atoms with Gasteiger partial charge in [-0.25, -0.2) is 0 Å². The number of benzene rings is 1. The molecule has 0 bridgehead atoms. The maximum Gasteiger partial charge on any atom is 0.311 e. The fourth-order valence-corrected chi connectivity index (χ4v) is 2.16. The summed E-state index contributed by atoms with van der Waals surface area (Å²) in [6, 6.07) is 9.35. The highest BCUT2D eigenvalue weighted by Crippen LogP contribution is 2.14. The van der Waals surface area contributed by atoms with Gasteiger partial charge in [0, 0.05) is 12.1 Å². The van der Waals surface area contributed by atoms with E-state index < -0.39 is 11.9 Å². The minimum atomic E-state index is -0.510. The highest BCUT2D eigenvalue weighted by Gasteiger charge is 2.32. The number of anilines is 1. The van der Waals surface area contributed by atoms with Gasteiger partial charge < -0.3 is 10.1 Å². The van der Waals surface area contributed by atoms with Gasteiger partial charge in [-0.1, -0.05) is 18.2 Å². The zero-order valence-electron chi connectivity index (χ0n) is 11.0. The predicted molar refractivity (Wildman–Crippen MR) is 77.6 cm³/mol. The second-order valence-electron chi connectivity index (χ2n) is 4.37. The molecule has 7 heteroatoms. The Morgan fingerprint density at radius 1 is 1.45 bits per heavy atom. The number of ether oxygens (including phenoxy) is 1. The van der Waals surface area contributed by atoms with Crippen molar-refractivity contribution in [2.24, 2.45) is 5.92 Å². The summed E-state index contributed by atoms with van der Waals surface area (Å²) in [5, 5.41) is 4.79. The third kappa shape index (κ3) is 3.45. The number of amides is 1. The lowest BCUT2D eigenvalue weighted by Gasteiger charge is -2.33. The summed E-state index contributed by atoms with van der Waals surface area (Å²) in [4.78, 5) is 23.2. The van der Waals surface area contributed by atoms with Crippen LogP contribution in [-0.4, -0.2) is 35.7 Å². The lowest BCUT2D eigenvalue weighted by molar-refractivity contribution is -0.150. The van der Waals surface area contributed by atoms with Gasteiger partial charge in [0.1, 0.15) is 0 Å². The molecule has 6 nitrogen and oxygen atoms in total. The lowest BCUT2D eigenvalue weighted by Crippen LogP contribution is -2.55. The van der Waals surface area contributed by atoms with Crippen LogP contribution in [0.25, 0.3) is 0 Å². The molecule has 0 aromatic heterocycles. The van der Waals surface area contributed by atoms with Gasteiger partial charge in [-0.2, -0.15) is 0 Å². The van der Waals surface area contributed by atoms with Crippen LogP contribution >= 0.6 is 12.2 Å². The average Bonchev–Trinajstić information content (AvgIpc) is 2.46. The normalized spacial score (nSPS) is 18.1. The molecule has 2 rings (SSSR count). The van der Waals surface area contributed by atoms with Crippen LogP contribution in [0.4, 0.5) is 5.69 Å². The molecule has 1 fully saturated rings. The number of hydrogen-bond acceptors (Lipinski definition) is 4. The van der Waals surface area contributed by atoms with Crippen molar-refractivity contribution in [2.75, 3.05) is 19.0 Å². The third-order valence-electron chi connectivity index (χ3n) is 2.90. The van der Waals surface area contributed by atoms with Gasteiger partial charge >= 0.3 is 5.97 Å². The van der Waals surface area contributed by atoms with E-state index in [0.717, 1.165) is 5.69 Å². The Bertz CT molecular complexity index is 521. The van der Waals surface area contributed by atoms with Crippen molar-refractivity contribution in [3.8, 4) is 0 Å². The van der Waals surface area contributed by atoms with Crippen LogP contribution in [0.2, 0.25) is 0 Å². The van der Waals surface area contributed by atoms with E-state index >= 15 is 0 Å². The number of rotatable bonds is 2. The van der Waals surface area contributed by atoms with Crippen LogP contribution in [0.1, 0.15) is 6.42 Å². The predicted octanol–water partition coefficient (Wildman–Crippen LogP) is 0.909. The van der Waals surface area contributed by atoms with E-state index in [2.05, 4.69) is 15.5 Å². The summed E-state index contributed by atoms with van der Waals surface area (Å²) >= 11 is 5.23. The van der Waals surface area contributed by atoms with Gasteiger partial charge in [0.05, 0.1) is 19.6 Å². The van der Waals surface area contributed by atoms with Crippen LogP contribution in [0.5, 0.6) is 0 Å². The Balaban J connectivity index is 2.02. The van der Waals surface area contributed by atoms with Gasteiger partial charge in [-0.05, 0) is 24.4 Å². The number of esters is 1. The van der Waals surface area contributed by atoms with E-state index in [4.69, 9.17) is 12.2 Å². The van der Waals surface area contributed by atoms with Gasteiger partial charge in [0.2, 0.25) is 5.91 Å². The first-order valence-corrected chi connectivity index (χ1v) is 6.52. The molecule has 1 aliphatic heterocycles. The summed E-state index contributed by atoms with van der Waals surface area (Å²) in [6.45, 7) is 0.289. The molecule has 1 unspecified atom stereocenters. The quantitative estimate of drug-likeness (QED) is 0.624. The number of para-hydroxylation sites is 1. The summed E-state index contributed by atoms with van der Waals surface area (Å²) in [6.07, 6.45) is 0.108. The van der Waals surface area contributed by atoms with Crippen LogP contribution in [0.15, 0.2) is 30.3 Å². The number of carbonyl (C=O) groups excluding carboxylic acids is 2. The molecule has 2 N–H and O–H groups in total. The van der Waals surface area contributed by atoms with E-state index in [-0.39, 0.29) is 18.9 Å². The van der Waals surface area contributed by atoms with Gasteiger partial charge in [0.25, 0.3) is 0 Å². The molecule has 1 atom stereocenters. The van der Waals surface area contributed by atoms with Crippen molar-refractivity contribution in [1.29, 1.82) is 0 Å². The third-order valence-corrected chi connectivity index (χ3v) is 3.22. The first-order chi connectivity index (χ1) is 9.60. The first-order valence-electron chi connectivity index (χ1n) is 6.11. The molecular formula is C13H15N3O3S. The second kappa shape index (κ2) is 6.33. The fourth-order valence-electron chi connectivity index (χ4n) is 1.92. The number of carbonyl (C=O) groups is 2. The molecular weight excluding hydrogens is 278 g/mol. The van der Waals surface area contributed by atoms with Crippen molar-refractivity contribution < 1.29 is 14.3 Å². The minimum absolute atomic E-state index is 0.108. The fraction of sp³-hybridized carbons (Fsp3) is 0.308. The second-order valence-corrected chi connectivity index (χ2v) is 4.75. The zero-order valence-corrected chi connectivity index (χ0v) is 11.8. The SMILES string of the molecule is COC(=O)C1CC(=O)NN(C(=S)Nc2ccccc2)C1. The maximum atomic E-state index is 11.6. The van der Waals surface area contributed by atoms with Crippen molar-refractivity contribution in [3.05, 3.63) is 30.3 Å². The summed E-state index contributed by atoms with van der Waals surface area (Å²) < 4.78 is 4.68. The van der Waals surface area contributed by atoms with E-state index in [9.17, 15) is 9.59 Å². The first kappa shape index (κ1) is 14.3. The molecule has 1 saturated heterocycles. The number of methoxy groups -OCH3 is 1. The average molecular weight is 293 g/mol. The number of thiocarbonyl (C=S) groups is 1. The number of nitrogens with one attached hydrogen (secondary N) is 2. The molecule has 0 saturated carbocycles. The monoisotopic (exact) mass is 293 g/mol. The van der Waals surface area contributed by atoms with Gasteiger partial charge in [-0.3, -0.25) is 20.0 Å². The van der Waals surface area contributed by atoms with Crippen molar-refractivity contribution in [1.82, 2.24) is 10.4 Å². The molecule has 1 heterocycles. The molecule has 20 heavy (non-hydrogen) atoms. The smallest absolute Gasteiger partial charge is 0.311 e. The van der Waals surface area contributed by atoms with E-state index in [1.807, 2.05) is 30.3 Å². The molecule has 0 aliphatic carbocycles. The molecule has 106 valence electrons. The Kier molecular flexibility index (Phi) is 4.52. The molecule has 1 aliphatic rings. The Labute approximate surface area is 122 Å². The lowest BCUT2D eigenvalue weighted by atomic mass is 10.0. The standard InChI is InChI=1S/C13H15N3O3S/c1-19-12(18)9-7-11(17)15-16(8-9)13(20)14-10-5-3-2-4-6-10/h2-6,9H,7-8H2,1H3,(H,14,20)(H,15,17). The Morgan fingerprint density at radius 2 is 2.15 bits per heavy atom. The van der Waals surface area contributed by atoms with Crippen molar-refractivity contribution in [2.45, 2.75) is 6.42 Å². The highest BCUT2D eigenvalue weighted by molar-refractivity contribution is 7.80. The largest absolute Gasteiger partial charge is 0.469 e. The summed E-state index contributed by atoms with van der Waals surface area (Å²) in [7, 11) is 1.31. The molecule has 0 radical (unpaired) electrons. The van der Waals surface area contributed by atoms with Gasteiger partial charge in [0.15, 0.2) is 5.11 Å². The van der Waals surface area contributed by atoms with E-state index in [1.165, 1.54) is 12.1 Å². The summed E-state index contributed by atoms with van der Waals surface area (Å²) in [5.41, 5.74) is 3.44. The van der Waals surface area contributed by atoms with E-state index in [0.29, 0.717) is 5.11 Å². The highest BCUT2D eigenvalue weighted by atomic mass is 32.1. The van der Waals surface area contributed by atoms with Crippen molar-refractivity contribution >= 4 is 34.9 Å². The zero-order chi connectivity index (χ0) is 14.5. The van der Waals surface area contributed by atoms with Crippen LogP contribution in [0, 0.1) is 5.92 Å². The Morgan fingerprint density at radius 3 is 2.80 bits per heavy atom. The summed E-state index contributed by atoms with van der Waals surface area (Å²) in [5.74, 6) is -1.18. The van der Waals surface area contributed by atoms with Gasteiger partial charge in [-0.15, -0.1) is 0 Å². The topological polar surface area (TPSA) is 70.7 Å². The maximum absolute atomic E-state index is 11.6. The molecule has 1 aromatic rings. The molecule has 0 spiro atoms. The molecule has 1 amide bonds. The van der Waals surface area contributed by atoms with E-state index in [1.54, 1.807) is 0 Å². The van der Waals surface area contributed by atoms with Crippen LogP contribution in [-0.2, 0) is 14.3 Å². The number of nitrogens with zero attached hydrogens (tertiary/aromatic N) is 1.